The molecule has 0 unspecified atom stereocenters. The Hall–Kier alpha value is -6.91. The molecular formula is C47H30N2O2. The number of hydrogen-bond donors (Lipinski definition) is 0. The van der Waals surface area contributed by atoms with Gasteiger partial charge >= 0.3 is 0 Å². The van der Waals surface area contributed by atoms with Crippen molar-refractivity contribution in [2.75, 3.05) is 4.90 Å². The number of benzene rings is 8. The molecule has 0 aliphatic carbocycles. The molecule has 0 N–H and O–H groups in total. The van der Waals surface area contributed by atoms with Gasteiger partial charge in [-0.1, -0.05) is 127 Å². The molecule has 10 rings (SSSR count). The summed E-state index contributed by atoms with van der Waals surface area (Å²) in [6.07, 6.45) is 0. The fourth-order valence-electron chi connectivity index (χ4n) is 7.20. The molecule has 8 aromatic carbocycles. The van der Waals surface area contributed by atoms with Gasteiger partial charge in [0.15, 0.2) is 5.58 Å². The number of aromatic nitrogens is 1. The van der Waals surface area contributed by atoms with E-state index in [4.69, 9.17) is 13.8 Å². The van der Waals surface area contributed by atoms with Crippen molar-refractivity contribution in [3.05, 3.63) is 182 Å². The fraction of sp³-hybridized carbons (Fsp3) is 0. The molecule has 2 aromatic heterocycles. The Morgan fingerprint density at radius 3 is 1.86 bits per heavy atom. The molecule has 0 atom stereocenters. The first-order valence-electron chi connectivity index (χ1n) is 17.1. The van der Waals surface area contributed by atoms with Gasteiger partial charge in [-0.05, 0) is 81.6 Å². The highest BCUT2D eigenvalue weighted by atomic mass is 16.4. The SMILES string of the molecule is c1ccc(-c2cccc(N(c3ccc(-c4ccc5ccccc5c4)cc3)c3c4nc(-c5ccccc5)oc4cc4oc5ccccc5c34)c2)cc1. The summed E-state index contributed by atoms with van der Waals surface area (Å²) in [7, 11) is 0. The highest BCUT2D eigenvalue weighted by Gasteiger charge is 2.26. The van der Waals surface area contributed by atoms with Crippen LogP contribution in [0.3, 0.4) is 0 Å². The third-order valence-electron chi connectivity index (χ3n) is 9.66. The van der Waals surface area contributed by atoms with E-state index >= 15 is 0 Å². The van der Waals surface area contributed by atoms with Crippen LogP contribution in [0.4, 0.5) is 17.1 Å². The first-order valence-corrected chi connectivity index (χ1v) is 17.1. The smallest absolute Gasteiger partial charge is 0.227 e. The van der Waals surface area contributed by atoms with Crippen LogP contribution in [-0.2, 0) is 0 Å². The Labute approximate surface area is 294 Å². The molecular weight excluding hydrogens is 625 g/mol. The van der Waals surface area contributed by atoms with Crippen molar-refractivity contribution in [1.29, 1.82) is 0 Å². The van der Waals surface area contributed by atoms with Crippen molar-refractivity contribution in [3.63, 3.8) is 0 Å². The van der Waals surface area contributed by atoms with Crippen LogP contribution in [0.1, 0.15) is 0 Å². The molecule has 0 bridgehead atoms. The van der Waals surface area contributed by atoms with Gasteiger partial charge in [0.05, 0.1) is 11.1 Å². The molecule has 0 saturated heterocycles. The minimum Gasteiger partial charge on any atom is -0.456 e. The largest absolute Gasteiger partial charge is 0.456 e. The van der Waals surface area contributed by atoms with Crippen molar-refractivity contribution in [2.45, 2.75) is 0 Å². The minimum absolute atomic E-state index is 0.563. The van der Waals surface area contributed by atoms with E-state index in [0.29, 0.717) is 11.5 Å². The summed E-state index contributed by atoms with van der Waals surface area (Å²) in [5, 5.41) is 4.45. The van der Waals surface area contributed by atoms with Gasteiger partial charge in [-0.15, -0.1) is 0 Å². The number of rotatable bonds is 6. The minimum atomic E-state index is 0.563. The summed E-state index contributed by atoms with van der Waals surface area (Å²) in [6, 6.07) is 63.4. The zero-order valence-electron chi connectivity index (χ0n) is 27.5. The monoisotopic (exact) mass is 654 g/mol. The Kier molecular flexibility index (Phi) is 6.78. The van der Waals surface area contributed by atoms with Crippen molar-refractivity contribution in [3.8, 4) is 33.7 Å². The molecule has 0 radical (unpaired) electrons. The zero-order chi connectivity index (χ0) is 33.7. The molecule has 10 aromatic rings. The van der Waals surface area contributed by atoms with Gasteiger partial charge in [-0.2, -0.15) is 0 Å². The third kappa shape index (κ3) is 5.04. The van der Waals surface area contributed by atoms with E-state index in [1.165, 1.54) is 16.3 Å². The van der Waals surface area contributed by atoms with Gasteiger partial charge < -0.3 is 13.7 Å². The lowest BCUT2D eigenvalue weighted by atomic mass is 10.00. The van der Waals surface area contributed by atoms with Crippen molar-refractivity contribution >= 4 is 60.9 Å². The summed E-state index contributed by atoms with van der Waals surface area (Å²) >= 11 is 0. The number of para-hydroxylation sites is 1. The molecule has 240 valence electrons. The maximum Gasteiger partial charge on any atom is 0.227 e. The number of furan rings is 1. The molecule has 4 nitrogen and oxygen atoms in total. The molecule has 0 fully saturated rings. The van der Waals surface area contributed by atoms with Gasteiger partial charge in [0.1, 0.15) is 16.7 Å². The topological polar surface area (TPSA) is 42.4 Å². The normalized spacial score (nSPS) is 11.5. The average Bonchev–Trinajstić information content (AvgIpc) is 3.80. The van der Waals surface area contributed by atoms with Crippen molar-refractivity contribution in [2.24, 2.45) is 0 Å². The highest BCUT2D eigenvalue weighted by molar-refractivity contribution is 6.20. The average molecular weight is 655 g/mol. The van der Waals surface area contributed by atoms with Crippen molar-refractivity contribution in [1.82, 2.24) is 4.98 Å². The lowest BCUT2D eigenvalue weighted by Gasteiger charge is -2.27. The van der Waals surface area contributed by atoms with Gasteiger partial charge in [-0.3, -0.25) is 0 Å². The summed E-state index contributed by atoms with van der Waals surface area (Å²) in [5.41, 5.74) is 11.4. The molecule has 0 saturated carbocycles. The molecule has 4 heteroatoms. The van der Waals surface area contributed by atoms with E-state index < -0.39 is 0 Å². The summed E-state index contributed by atoms with van der Waals surface area (Å²) in [6.45, 7) is 0. The standard InChI is InChI=1S/C47H30N2O2/c1-3-12-31(13-4-1)36-18-11-19-39(29-36)49(38-26-24-33(25-27-38)37-23-22-32-14-7-8-17-35(32)28-37)46-44-40-20-9-10-21-41(40)50-42(44)30-43-45(46)48-47(51-43)34-15-5-2-6-16-34/h1-30H. The maximum absolute atomic E-state index is 6.53. The molecule has 0 aliphatic rings. The summed E-state index contributed by atoms with van der Waals surface area (Å²) in [4.78, 5) is 7.52. The first kappa shape index (κ1) is 29.0. The Morgan fingerprint density at radius 2 is 1.04 bits per heavy atom. The molecule has 0 aliphatic heterocycles. The zero-order valence-corrected chi connectivity index (χ0v) is 27.5. The van der Waals surface area contributed by atoms with E-state index in [0.717, 1.165) is 66.8 Å². The lowest BCUT2D eigenvalue weighted by molar-refractivity contribution is 0.617. The van der Waals surface area contributed by atoms with E-state index in [1.54, 1.807) is 0 Å². The maximum atomic E-state index is 6.53. The van der Waals surface area contributed by atoms with E-state index in [-0.39, 0.29) is 0 Å². The number of nitrogens with zero attached hydrogens (tertiary/aromatic N) is 2. The van der Waals surface area contributed by atoms with Gasteiger partial charge in [0.25, 0.3) is 0 Å². The summed E-state index contributed by atoms with van der Waals surface area (Å²) in [5.74, 6) is 0.563. The van der Waals surface area contributed by atoms with E-state index in [1.807, 2.05) is 54.6 Å². The molecule has 2 heterocycles. The third-order valence-corrected chi connectivity index (χ3v) is 9.66. The first-order chi connectivity index (χ1) is 25.3. The van der Waals surface area contributed by atoms with Crippen LogP contribution >= 0.6 is 0 Å². The van der Waals surface area contributed by atoms with Gasteiger partial charge in [0, 0.05) is 28.4 Å². The lowest BCUT2D eigenvalue weighted by Crippen LogP contribution is -2.11. The van der Waals surface area contributed by atoms with Crippen molar-refractivity contribution < 1.29 is 8.83 Å². The van der Waals surface area contributed by atoms with Crippen LogP contribution in [0.2, 0.25) is 0 Å². The second kappa shape index (κ2) is 11.9. The molecule has 0 spiro atoms. The Bertz CT molecular complexity index is 2850. The number of hydrogen-bond acceptors (Lipinski definition) is 4. The number of anilines is 3. The van der Waals surface area contributed by atoms with Gasteiger partial charge in [0.2, 0.25) is 5.89 Å². The van der Waals surface area contributed by atoms with Crippen LogP contribution < -0.4 is 4.90 Å². The number of oxazole rings is 1. The predicted octanol–water partition coefficient (Wildman–Crippen LogP) is 13.4. The van der Waals surface area contributed by atoms with E-state index in [2.05, 4.69) is 132 Å². The summed E-state index contributed by atoms with van der Waals surface area (Å²) < 4.78 is 13.1. The quantitative estimate of drug-likeness (QED) is 0.179. The number of fused-ring (bicyclic) bond motifs is 5. The van der Waals surface area contributed by atoms with E-state index in [9.17, 15) is 0 Å². The predicted molar refractivity (Wildman–Crippen MR) is 210 cm³/mol. The Balaban J connectivity index is 1.24. The van der Waals surface area contributed by atoms with Crippen LogP contribution in [0.5, 0.6) is 0 Å². The van der Waals surface area contributed by atoms with Gasteiger partial charge in [-0.25, -0.2) is 4.98 Å². The van der Waals surface area contributed by atoms with Crippen LogP contribution in [0, 0.1) is 0 Å². The second-order valence-corrected chi connectivity index (χ2v) is 12.8. The molecule has 51 heavy (non-hydrogen) atoms. The molecule has 0 amide bonds. The highest BCUT2D eigenvalue weighted by Crippen LogP contribution is 2.48. The van der Waals surface area contributed by atoms with Crippen LogP contribution in [-0.4, -0.2) is 4.98 Å². The van der Waals surface area contributed by atoms with Crippen LogP contribution in [0.25, 0.3) is 77.5 Å². The second-order valence-electron chi connectivity index (χ2n) is 12.8. The fourth-order valence-corrected chi connectivity index (χ4v) is 7.20. The Morgan fingerprint density at radius 1 is 0.392 bits per heavy atom. The van der Waals surface area contributed by atoms with Crippen LogP contribution in [0.15, 0.2) is 191 Å².